The number of nitrogens with zero attached hydrogens (tertiary/aromatic N) is 1. The molecule has 0 aliphatic rings. The number of aromatic nitrogens is 2. The average Bonchev–Trinajstić information content (AvgIpc) is 2.56. The molecule has 2 atom stereocenters. The maximum absolute atomic E-state index is 8.73. The first kappa shape index (κ1) is 9.22. The van der Waals surface area contributed by atoms with Crippen LogP contribution in [0.1, 0.15) is 25.6 Å². The lowest BCUT2D eigenvalue weighted by molar-refractivity contribution is -0.0237. The Morgan fingerprint density at radius 1 is 1.67 bits per heavy atom. The van der Waals surface area contributed by atoms with Crippen LogP contribution < -0.4 is 0 Å². The number of rotatable bonds is 4. The van der Waals surface area contributed by atoms with Crippen molar-refractivity contribution in [3.05, 3.63) is 18.0 Å². The normalized spacial score (nSPS) is 15.9. The van der Waals surface area contributed by atoms with E-state index in [9.17, 15) is 0 Å². The molecule has 2 N–H and O–H groups in total. The summed E-state index contributed by atoms with van der Waals surface area (Å²) in [6.45, 7) is 3.78. The molecule has 0 aromatic carbocycles. The summed E-state index contributed by atoms with van der Waals surface area (Å²) >= 11 is 0. The third-order valence-corrected chi connectivity index (χ3v) is 1.65. The summed E-state index contributed by atoms with van der Waals surface area (Å²) < 4.78 is 5.42. The lowest BCUT2D eigenvalue weighted by Crippen LogP contribution is -2.15. The molecule has 12 heavy (non-hydrogen) atoms. The van der Waals surface area contributed by atoms with Crippen molar-refractivity contribution in [2.45, 2.75) is 26.1 Å². The molecule has 0 aliphatic heterocycles. The van der Waals surface area contributed by atoms with Crippen molar-refractivity contribution in [2.24, 2.45) is 0 Å². The summed E-state index contributed by atoms with van der Waals surface area (Å²) in [6.07, 6.45) is 1.50. The molecule has 1 aromatic rings. The van der Waals surface area contributed by atoms with Gasteiger partial charge in [0.15, 0.2) is 0 Å². The quantitative estimate of drug-likeness (QED) is 0.704. The third-order valence-electron chi connectivity index (χ3n) is 1.65. The Bertz CT molecular complexity index is 211. The molecule has 0 radical (unpaired) electrons. The van der Waals surface area contributed by atoms with Gasteiger partial charge in [0.05, 0.1) is 24.5 Å². The van der Waals surface area contributed by atoms with Crippen molar-refractivity contribution >= 4 is 0 Å². The lowest BCUT2D eigenvalue weighted by Gasteiger charge is -2.15. The van der Waals surface area contributed by atoms with Gasteiger partial charge in [0.1, 0.15) is 0 Å². The van der Waals surface area contributed by atoms with Crippen molar-refractivity contribution in [3.8, 4) is 0 Å². The average molecular weight is 170 g/mol. The van der Waals surface area contributed by atoms with E-state index in [2.05, 4.69) is 10.2 Å². The van der Waals surface area contributed by atoms with Gasteiger partial charge in [0, 0.05) is 6.20 Å². The molecule has 0 amide bonds. The Morgan fingerprint density at radius 3 is 2.92 bits per heavy atom. The smallest absolute Gasteiger partial charge is 0.0965 e. The van der Waals surface area contributed by atoms with Crippen LogP contribution in [0, 0.1) is 0 Å². The lowest BCUT2D eigenvalue weighted by atomic mass is 10.3. The largest absolute Gasteiger partial charge is 0.394 e. The van der Waals surface area contributed by atoms with Crippen LogP contribution in [-0.4, -0.2) is 28.0 Å². The molecule has 4 heteroatoms. The van der Waals surface area contributed by atoms with Gasteiger partial charge < -0.3 is 9.84 Å². The second kappa shape index (κ2) is 4.23. The standard InChI is InChI=1S/C8H14N2O2/c1-6(5-11)12-7(2)8-3-4-9-10-8/h3-4,6-7,11H,5H2,1-2H3,(H,9,10)/t6-,7?/m1/s1. The first-order chi connectivity index (χ1) is 5.74. The highest BCUT2D eigenvalue weighted by atomic mass is 16.5. The van der Waals surface area contributed by atoms with E-state index in [1.54, 1.807) is 6.20 Å². The van der Waals surface area contributed by atoms with Crippen LogP contribution in [0.4, 0.5) is 0 Å². The highest BCUT2D eigenvalue weighted by Crippen LogP contribution is 2.14. The Labute approximate surface area is 71.6 Å². The van der Waals surface area contributed by atoms with E-state index >= 15 is 0 Å². The fraction of sp³-hybridized carbons (Fsp3) is 0.625. The molecule has 0 aliphatic carbocycles. The van der Waals surface area contributed by atoms with Crippen molar-refractivity contribution in [3.63, 3.8) is 0 Å². The highest BCUT2D eigenvalue weighted by molar-refractivity contribution is 5.00. The molecule has 0 saturated carbocycles. The van der Waals surface area contributed by atoms with Crippen LogP contribution in [0.5, 0.6) is 0 Å². The van der Waals surface area contributed by atoms with Gasteiger partial charge in [-0.05, 0) is 19.9 Å². The minimum Gasteiger partial charge on any atom is -0.394 e. The van der Waals surface area contributed by atoms with Gasteiger partial charge in [0.2, 0.25) is 0 Å². The van der Waals surface area contributed by atoms with Crippen LogP contribution in [-0.2, 0) is 4.74 Å². The van der Waals surface area contributed by atoms with E-state index < -0.39 is 0 Å². The number of nitrogens with one attached hydrogen (secondary N) is 1. The highest BCUT2D eigenvalue weighted by Gasteiger charge is 2.10. The fourth-order valence-corrected chi connectivity index (χ4v) is 0.958. The second-order valence-corrected chi connectivity index (χ2v) is 2.78. The predicted octanol–water partition coefficient (Wildman–Crippen LogP) is 0.868. The number of aliphatic hydroxyl groups excluding tert-OH is 1. The molecule has 0 spiro atoms. The summed E-state index contributed by atoms with van der Waals surface area (Å²) in [5, 5.41) is 15.3. The number of aliphatic hydroxyl groups is 1. The van der Waals surface area contributed by atoms with Crippen molar-refractivity contribution in [2.75, 3.05) is 6.61 Å². The van der Waals surface area contributed by atoms with Crippen LogP contribution in [0.2, 0.25) is 0 Å². The van der Waals surface area contributed by atoms with Gasteiger partial charge in [-0.25, -0.2) is 0 Å². The molecule has 4 nitrogen and oxygen atoms in total. The van der Waals surface area contributed by atoms with E-state index in [-0.39, 0.29) is 18.8 Å². The summed E-state index contributed by atoms with van der Waals surface area (Å²) in [6, 6.07) is 1.86. The van der Waals surface area contributed by atoms with Gasteiger partial charge in [-0.15, -0.1) is 0 Å². The Balaban J connectivity index is 2.44. The van der Waals surface area contributed by atoms with Gasteiger partial charge in [-0.1, -0.05) is 0 Å². The van der Waals surface area contributed by atoms with Crippen LogP contribution >= 0.6 is 0 Å². The molecular formula is C8H14N2O2. The van der Waals surface area contributed by atoms with E-state index in [4.69, 9.17) is 9.84 Å². The molecule has 1 aromatic heterocycles. The Kier molecular flexibility index (Phi) is 3.25. The molecular weight excluding hydrogens is 156 g/mol. The number of aromatic amines is 1. The molecule has 68 valence electrons. The van der Waals surface area contributed by atoms with Gasteiger partial charge >= 0.3 is 0 Å². The SMILES string of the molecule is CC(O[C@H](C)CO)c1ccn[nH]1. The second-order valence-electron chi connectivity index (χ2n) is 2.78. The maximum atomic E-state index is 8.73. The first-order valence-corrected chi connectivity index (χ1v) is 3.99. The first-order valence-electron chi connectivity index (χ1n) is 3.99. The van der Waals surface area contributed by atoms with E-state index in [0.717, 1.165) is 5.69 Å². The van der Waals surface area contributed by atoms with Gasteiger partial charge in [-0.3, -0.25) is 5.10 Å². The van der Waals surface area contributed by atoms with Crippen LogP contribution in [0.25, 0.3) is 0 Å². The van der Waals surface area contributed by atoms with Crippen molar-refractivity contribution in [1.82, 2.24) is 10.2 Å². The zero-order valence-corrected chi connectivity index (χ0v) is 7.32. The molecule has 1 unspecified atom stereocenters. The minimum atomic E-state index is -0.136. The van der Waals surface area contributed by atoms with Crippen LogP contribution in [0.3, 0.4) is 0 Å². The zero-order valence-electron chi connectivity index (χ0n) is 7.32. The van der Waals surface area contributed by atoms with Gasteiger partial charge in [-0.2, -0.15) is 5.10 Å². The predicted molar refractivity (Wildman–Crippen MR) is 44.6 cm³/mol. The number of H-pyrrole nitrogens is 1. The van der Waals surface area contributed by atoms with E-state index in [0.29, 0.717) is 0 Å². The fourth-order valence-electron chi connectivity index (χ4n) is 0.958. The topological polar surface area (TPSA) is 58.1 Å². The third kappa shape index (κ3) is 2.32. The zero-order chi connectivity index (χ0) is 8.97. The number of hydrogen-bond acceptors (Lipinski definition) is 3. The number of hydrogen-bond donors (Lipinski definition) is 2. The minimum absolute atomic E-state index is 0.0402. The molecule has 0 fully saturated rings. The monoisotopic (exact) mass is 170 g/mol. The van der Waals surface area contributed by atoms with Crippen molar-refractivity contribution in [1.29, 1.82) is 0 Å². The van der Waals surface area contributed by atoms with Crippen molar-refractivity contribution < 1.29 is 9.84 Å². The Morgan fingerprint density at radius 2 is 2.42 bits per heavy atom. The van der Waals surface area contributed by atoms with Crippen LogP contribution in [0.15, 0.2) is 12.3 Å². The molecule has 0 bridgehead atoms. The summed E-state index contributed by atoms with van der Waals surface area (Å²) in [5.74, 6) is 0. The number of ether oxygens (including phenoxy) is 1. The Hall–Kier alpha value is -0.870. The molecule has 1 heterocycles. The summed E-state index contributed by atoms with van der Waals surface area (Å²) in [7, 11) is 0. The molecule has 0 saturated heterocycles. The summed E-state index contributed by atoms with van der Waals surface area (Å²) in [5.41, 5.74) is 0.926. The summed E-state index contributed by atoms with van der Waals surface area (Å²) in [4.78, 5) is 0. The van der Waals surface area contributed by atoms with E-state index in [1.165, 1.54) is 0 Å². The maximum Gasteiger partial charge on any atom is 0.0965 e. The molecule has 1 rings (SSSR count). The van der Waals surface area contributed by atoms with Gasteiger partial charge in [0.25, 0.3) is 0 Å². The van der Waals surface area contributed by atoms with E-state index in [1.807, 2.05) is 19.9 Å².